The van der Waals surface area contributed by atoms with Gasteiger partial charge in [-0.05, 0) is 53.4 Å². The van der Waals surface area contributed by atoms with Gasteiger partial charge >= 0.3 is 0 Å². The van der Waals surface area contributed by atoms with E-state index in [1.165, 1.54) is 16.2 Å². The molecule has 1 amide bonds. The molecule has 8 heteroatoms. The number of aliphatic hydroxyl groups excluding tert-OH is 1. The zero-order valence-electron chi connectivity index (χ0n) is 18.2. The van der Waals surface area contributed by atoms with E-state index in [-0.39, 0.29) is 24.5 Å². The lowest BCUT2D eigenvalue weighted by atomic mass is 9.95. The second kappa shape index (κ2) is 9.79. The fourth-order valence-electron chi connectivity index (χ4n) is 3.75. The molecule has 33 heavy (non-hydrogen) atoms. The number of nitrogens with zero attached hydrogens (tertiary/aromatic N) is 1. The second-order valence-electron chi connectivity index (χ2n) is 7.27. The van der Waals surface area contributed by atoms with Crippen molar-refractivity contribution in [1.29, 1.82) is 0 Å². The number of Topliss-reactive ketones (excluding diaryl/α,β-unsaturated/α-hetero) is 1. The standard InChI is InChI=1S/C25H23NO6S/c1-30-17-8-10-18(11-9-17)32-13-12-26-22(16-5-3-6-19(15-16)31-2)21(24(28)25(26)29)23(27)20-7-4-14-33-20/h3-11,14-15,22,28H,12-13H2,1-2H3. The molecule has 0 radical (unpaired) electrons. The Bertz CT molecular complexity index is 1170. The molecule has 0 spiro atoms. The van der Waals surface area contributed by atoms with Gasteiger partial charge in [0, 0.05) is 0 Å². The van der Waals surface area contributed by atoms with E-state index in [2.05, 4.69) is 0 Å². The van der Waals surface area contributed by atoms with Gasteiger partial charge in [0.1, 0.15) is 23.9 Å². The number of ketones is 1. The second-order valence-corrected chi connectivity index (χ2v) is 8.22. The highest BCUT2D eigenvalue weighted by Crippen LogP contribution is 2.40. The summed E-state index contributed by atoms with van der Waals surface area (Å²) in [6, 6.07) is 16.9. The maximum absolute atomic E-state index is 13.2. The van der Waals surface area contributed by atoms with E-state index in [4.69, 9.17) is 14.2 Å². The summed E-state index contributed by atoms with van der Waals surface area (Å²) in [6.07, 6.45) is 0. The number of aliphatic hydroxyl groups is 1. The first-order valence-corrected chi connectivity index (χ1v) is 11.1. The number of rotatable bonds is 9. The predicted molar refractivity (Wildman–Crippen MR) is 124 cm³/mol. The molecule has 1 unspecified atom stereocenters. The van der Waals surface area contributed by atoms with E-state index < -0.39 is 17.7 Å². The van der Waals surface area contributed by atoms with Crippen LogP contribution in [0.25, 0.3) is 0 Å². The molecule has 7 nitrogen and oxygen atoms in total. The summed E-state index contributed by atoms with van der Waals surface area (Å²) in [5.74, 6) is 0.395. The van der Waals surface area contributed by atoms with E-state index in [1.54, 1.807) is 80.3 Å². The molecule has 0 saturated heterocycles. The quantitative estimate of drug-likeness (QED) is 0.471. The number of thiophene rings is 1. The summed E-state index contributed by atoms with van der Waals surface area (Å²) in [7, 11) is 3.13. The van der Waals surface area contributed by atoms with Gasteiger partial charge in [-0.3, -0.25) is 9.59 Å². The molecule has 2 heterocycles. The van der Waals surface area contributed by atoms with Gasteiger partial charge in [-0.25, -0.2) is 0 Å². The van der Waals surface area contributed by atoms with Gasteiger partial charge in [0.15, 0.2) is 5.76 Å². The first-order chi connectivity index (χ1) is 16.0. The van der Waals surface area contributed by atoms with E-state index in [1.807, 2.05) is 0 Å². The fourth-order valence-corrected chi connectivity index (χ4v) is 4.43. The Morgan fingerprint density at radius 1 is 1.00 bits per heavy atom. The number of hydrogen-bond acceptors (Lipinski definition) is 7. The van der Waals surface area contributed by atoms with Gasteiger partial charge in [-0.15, -0.1) is 11.3 Å². The lowest BCUT2D eigenvalue weighted by Gasteiger charge is -2.27. The normalized spacial score (nSPS) is 15.6. The Kier molecular flexibility index (Phi) is 6.65. The van der Waals surface area contributed by atoms with Crippen LogP contribution in [0.15, 0.2) is 77.4 Å². The summed E-state index contributed by atoms with van der Waals surface area (Å²) < 4.78 is 16.3. The molecule has 0 bridgehead atoms. The Morgan fingerprint density at radius 3 is 2.39 bits per heavy atom. The number of benzene rings is 2. The maximum atomic E-state index is 13.2. The fraction of sp³-hybridized carbons (Fsp3) is 0.200. The van der Waals surface area contributed by atoms with Crippen molar-refractivity contribution >= 4 is 23.0 Å². The van der Waals surface area contributed by atoms with Crippen molar-refractivity contribution in [3.05, 3.63) is 87.8 Å². The van der Waals surface area contributed by atoms with Crippen LogP contribution >= 0.6 is 11.3 Å². The Hall–Kier alpha value is -3.78. The summed E-state index contributed by atoms with van der Waals surface area (Å²) in [5.41, 5.74) is 0.719. The monoisotopic (exact) mass is 465 g/mol. The van der Waals surface area contributed by atoms with Crippen molar-refractivity contribution in [2.75, 3.05) is 27.4 Å². The Balaban J connectivity index is 1.61. The van der Waals surface area contributed by atoms with Crippen LogP contribution in [0.2, 0.25) is 0 Å². The highest BCUT2D eigenvalue weighted by Gasteiger charge is 2.44. The maximum Gasteiger partial charge on any atom is 0.290 e. The number of carbonyl (C=O) groups excluding carboxylic acids is 2. The number of ether oxygens (including phenoxy) is 3. The zero-order valence-corrected chi connectivity index (χ0v) is 19.0. The van der Waals surface area contributed by atoms with Crippen LogP contribution < -0.4 is 14.2 Å². The topological polar surface area (TPSA) is 85.3 Å². The zero-order chi connectivity index (χ0) is 23.4. The molecular formula is C25H23NO6S. The minimum atomic E-state index is -0.762. The summed E-state index contributed by atoms with van der Waals surface area (Å²) in [5, 5.41) is 12.5. The van der Waals surface area contributed by atoms with Crippen LogP contribution in [0, 0.1) is 0 Å². The predicted octanol–water partition coefficient (Wildman–Crippen LogP) is 4.42. The van der Waals surface area contributed by atoms with Crippen LogP contribution in [0.5, 0.6) is 17.2 Å². The highest BCUT2D eigenvalue weighted by molar-refractivity contribution is 7.12. The van der Waals surface area contributed by atoms with E-state index in [9.17, 15) is 14.7 Å². The van der Waals surface area contributed by atoms with Gasteiger partial charge in [0.25, 0.3) is 5.91 Å². The average Bonchev–Trinajstić information content (AvgIpc) is 3.47. The molecule has 2 aromatic carbocycles. The van der Waals surface area contributed by atoms with Crippen LogP contribution in [-0.4, -0.2) is 49.1 Å². The molecule has 0 fully saturated rings. The van der Waals surface area contributed by atoms with Gasteiger partial charge < -0.3 is 24.2 Å². The van der Waals surface area contributed by atoms with E-state index in [0.717, 1.165) is 0 Å². The smallest absolute Gasteiger partial charge is 0.290 e. The lowest BCUT2D eigenvalue weighted by Crippen LogP contribution is -2.34. The SMILES string of the molecule is COc1ccc(OCCN2C(=O)C(O)=C(C(=O)c3cccs3)C2c2cccc(OC)c2)cc1. The molecule has 1 aromatic heterocycles. The molecule has 4 rings (SSSR count). The minimum Gasteiger partial charge on any atom is -0.503 e. The molecule has 1 N–H and O–H groups in total. The van der Waals surface area contributed by atoms with Crippen LogP contribution in [0.3, 0.4) is 0 Å². The van der Waals surface area contributed by atoms with Crippen molar-refractivity contribution < 1.29 is 28.9 Å². The first-order valence-electron chi connectivity index (χ1n) is 10.3. The number of methoxy groups -OCH3 is 2. The van der Waals surface area contributed by atoms with Crippen molar-refractivity contribution in [2.24, 2.45) is 0 Å². The molecule has 170 valence electrons. The third kappa shape index (κ3) is 4.56. The van der Waals surface area contributed by atoms with Gasteiger partial charge in [-0.1, -0.05) is 18.2 Å². The third-order valence-electron chi connectivity index (χ3n) is 5.36. The van der Waals surface area contributed by atoms with Gasteiger partial charge in [0.2, 0.25) is 5.78 Å². The third-order valence-corrected chi connectivity index (χ3v) is 6.23. The highest BCUT2D eigenvalue weighted by atomic mass is 32.1. The van der Waals surface area contributed by atoms with Crippen molar-refractivity contribution in [2.45, 2.75) is 6.04 Å². The van der Waals surface area contributed by atoms with Crippen LogP contribution in [-0.2, 0) is 4.79 Å². The number of carbonyl (C=O) groups is 2. The van der Waals surface area contributed by atoms with E-state index >= 15 is 0 Å². The summed E-state index contributed by atoms with van der Waals surface area (Å²) in [6.45, 7) is 0.338. The number of hydrogen-bond donors (Lipinski definition) is 1. The van der Waals surface area contributed by atoms with Crippen molar-refractivity contribution in [3.63, 3.8) is 0 Å². The van der Waals surface area contributed by atoms with Crippen LogP contribution in [0.4, 0.5) is 0 Å². The van der Waals surface area contributed by atoms with Crippen molar-refractivity contribution in [3.8, 4) is 17.2 Å². The molecule has 3 aromatic rings. The summed E-state index contributed by atoms with van der Waals surface area (Å²) in [4.78, 5) is 28.2. The Morgan fingerprint density at radius 2 is 1.73 bits per heavy atom. The molecule has 0 aliphatic carbocycles. The lowest BCUT2D eigenvalue weighted by molar-refractivity contribution is -0.129. The first kappa shape index (κ1) is 22.4. The van der Waals surface area contributed by atoms with Crippen LogP contribution in [0.1, 0.15) is 21.3 Å². The molecular weight excluding hydrogens is 442 g/mol. The number of amides is 1. The molecule has 1 aliphatic rings. The molecule has 1 atom stereocenters. The van der Waals surface area contributed by atoms with Crippen molar-refractivity contribution in [1.82, 2.24) is 4.90 Å². The summed E-state index contributed by atoms with van der Waals surface area (Å²) >= 11 is 1.26. The molecule has 0 saturated carbocycles. The van der Waals surface area contributed by atoms with Gasteiger partial charge in [0.05, 0.1) is 37.3 Å². The van der Waals surface area contributed by atoms with E-state index in [0.29, 0.717) is 27.7 Å². The average molecular weight is 466 g/mol. The van der Waals surface area contributed by atoms with Gasteiger partial charge in [-0.2, -0.15) is 0 Å². The molecule has 1 aliphatic heterocycles. The Labute approximate surface area is 195 Å². The largest absolute Gasteiger partial charge is 0.503 e. The minimum absolute atomic E-state index is 0.0557.